The minimum absolute atomic E-state index is 0.0527. The average Bonchev–Trinajstić information content (AvgIpc) is 3.11. The molecule has 0 saturated heterocycles. The number of rotatable bonds is 12. The summed E-state index contributed by atoms with van der Waals surface area (Å²) >= 11 is 0.747. The second-order valence-electron chi connectivity index (χ2n) is 7.25. The van der Waals surface area contributed by atoms with Crippen molar-refractivity contribution in [2.45, 2.75) is 45.8 Å². The number of nitrogens with two attached hydrogens (primary N) is 1. The first-order valence-corrected chi connectivity index (χ1v) is 10.8. The molecule has 2 aromatic rings. The first-order valence-electron chi connectivity index (χ1n) is 10.0. The van der Waals surface area contributed by atoms with Crippen LogP contribution in [0.25, 0.3) is 0 Å². The number of carbonyl (C=O) groups is 2. The number of nitrogens with one attached hydrogen (secondary N) is 3. The van der Waals surface area contributed by atoms with Gasteiger partial charge >= 0.3 is 6.03 Å². The molecular weight excluding hydrogens is 447 g/mol. The van der Waals surface area contributed by atoms with Crippen LogP contribution < -0.4 is 26.4 Å². The molecule has 2 rings (SSSR count). The second kappa shape index (κ2) is 12.2. The Kier molecular flexibility index (Phi) is 9.72. The number of ether oxygens (including phenoxy) is 1. The SMILES string of the molecule is CC(C)NCCCCCNC(=O)Nc1snc(OCc2cc(F)c(F)cc2F)c1C(N)=O. The van der Waals surface area contributed by atoms with Gasteiger partial charge in [-0.2, -0.15) is 4.37 Å². The first-order chi connectivity index (χ1) is 15.2. The van der Waals surface area contributed by atoms with Crippen LogP contribution in [0, 0.1) is 17.5 Å². The maximum absolute atomic E-state index is 13.8. The summed E-state index contributed by atoms with van der Waals surface area (Å²) in [5, 5.41) is 8.52. The van der Waals surface area contributed by atoms with Crippen LogP contribution in [0.2, 0.25) is 0 Å². The van der Waals surface area contributed by atoms with Crippen LogP contribution >= 0.6 is 11.5 Å². The van der Waals surface area contributed by atoms with Gasteiger partial charge in [0.05, 0.1) is 0 Å². The zero-order valence-corrected chi connectivity index (χ0v) is 18.6. The number of anilines is 1. The summed E-state index contributed by atoms with van der Waals surface area (Å²) in [6.07, 6.45) is 2.71. The van der Waals surface area contributed by atoms with Gasteiger partial charge in [-0.15, -0.1) is 0 Å². The fraction of sp³-hybridized carbons (Fsp3) is 0.450. The Balaban J connectivity index is 1.89. The Morgan fingerprint density at radius 3 is 2.47 bits per heavy atom. The van der Waals surface area contributed by atoms with Gasteiger partial charge in [0.2, 0.25) is 5.88 Å². The van der Waals surface area contributed by atoms with E-state index in [1.807, 2.05) is 0 Å². The quantitative estimate of drug-likeness (QED) is 0.278. The molecular formula is C20H26F3N5O3S. The summed E-state index contributed by atoms with van der Waals surface area (Å²) in [6, 6.07) is 0.923. The Morgan fingerprint density at radius 2 is 1.78 bits per heavy atom. The largest absolute Gasteiger partial charge is 0.471 e. The summed E-state index contributed by atoms with van der Waals surface area (Å²) in [5.74, 6) is -4.76. The van der Waals surface area contributed by atoms with Crippen LogP contribution in [-0.4, -0.2) is 35.4 Å². The molecule has 0 fully saturated rings. The number of hydrogen-bond acceptors (Lipinski definition) is 6. The molecule has 0 bridgehead atoms. The topological polar surface area (TPSA) is 118 Å². The predicted molar refractivity (Wildman–Crippen MR) is 115 cm³/mol. The summed E-state index contributed by atoms with van der Waals surface area (Å²) in [7, 11) is 0. The number of hydrogen-bond donors (Lipinski definition) is 4. The monoisotopic (exact) mass is 473 g/mol. The number of aromatic nitrogens is 1. The van der Waals surface area contributed by atoms with Crippen molar-refractivity contribution in [2.75, 3.05) is 18.4 Å². The summed E-state index contributed by atoms with van der Waals surface area (Å²) in [4.78, 5) is 23.9. The van der Waals surface area contributed by atoms with Gasteiger partial charge < -0.3 is 21.1 Å². The number of benzene rings is 1. The molecule has 0 aliphatic rings. The maximum atomic E-state index is 13.8. The molecule has 1 aromatic carbocycles. The van der Waals surface area contributed by atoms with E-state index in [1.54, 1.807) is 0 Å². The van der Waals surface area contributed by atoms with E-state index in [1.165, 1.54) is 0 Å². The van der Waals surface area contributed by atoms with E-state index in [4.69, 9.17) is 10.5 Å². The van der Waals surface area contributed by atoms with E-state index in [0.717, 1.165) is 37.3 Å². The van der Waals surface area contributed by atoms with Crippen LogP contribution in [0.15, 0.2) is 12.1 Å². The van der Waals surface area contributed by atoms with Crippen molar-refractivity contribution in [3.05, 3.63) is 40.7 Å². The molecule has 12 heteroatoms. The molecule has 0 radical (unpaired) electrons. The highest BCUT2D eigenvalue weighted by molar-refractivity contribution is 7.11. The van der Waals surface area contributed by atoms with Crippen molar-refractivity contribution in [1.29, 1.82) is 0 Å². The Bertz CT molecular complexity index is 939. The lowest BCUT2D eigenvalue weighted by Gasteiger charge is -2.09. The summed E-state index contributed by atoms with van der Waals surface area (Å²) in [5.41, 5.74) is 4.88. The van der Waals surface area contributed by atoms with E-state index in [0.29, 0.717) is 24.7 Å². The van der Waals surface area contributed by atoms with Gasteiger partial charge in [-0.1, -0.05) is 20.3 Å². The van der Waals surface area contributed by atoms with Gasteiger partial charge in [0.1, 0.15) is 23.0 Å². The van der Waals surface area contributed by atoms with Crippen LogP contribution in [0.4, 0.5) is 23.0 Å². The molecule has 8 nitrogen and oxygen atoms in total. The van der Waals surface area contributed by atoms with Gasteiger partial charge in [0.25, 0.3) is 5.91 Å². The molecule has 0 atom stereocenters. The van der Waals surface area contributed by atoms with Crippen LogP contribution in [-0.2, 0) is 6.61 Å². The van der Waals surface area contributed by atoms with Crippen molar-refractivity contribution in [3.8, 4) is 5.88 Å². The molecule has 176 valence electrons. The number of urea groups is 1. The standard InChI is InChI=1S/C20H26F3N5O3S/c1-11(2)25-6-4-3-5-7-26-20(30)27-19-16(17(24)29)18(28-32-19)31-10-12-8-14(22)15(23)9-13(12)21/h8-9,11,25H,3-7,10H2,1-2H3,(H2,24,29)(H2,26,27,30). The van der Waals surface area contributed by atoms with Gasteiger partial charge in [-0.25, -0.2) is 18.0 Å². The van der Waals surface area contributed by atoms with Crippen LogP contribution in [0.3, 0.4) is 0 Å². The fourth-order valence-corrected chi connectivity index (χ4v) is 3.40. The lowest BCUT2D eigenvalue weighted by Crippen LogP contribution is -2.30. The zero-order chi connectivity index (χ0) is 23.7. The second-order valence-corrected chi connectivity index (χ2v) is 8.03. The Labute approximate surface area is 187 Å². The van der Waals surface area contributed by atoms with Crippen molar-refractivity contribution < 1.29 is 27.5 Å². The molecule has 1 aromatic heterocycles. The predicted octanol–water partition coefficient (Wildman–Crippen LogP) is 3.53. The molecule has 3 amide bonds. The van der Waals surface area contributed by atoms with Gasteiger partial charge in [-0.3, -0.25) is 10.1 Å². The smallest absolute Gasteiger partial charge is 0.319 e. The summed E-state index contributed by atoms with van der Waals surface area (Å²) < 4.78 is 49.3. The fourth-order valence-electron chi connectivity index (χ4n) is 2.66. The molecule has 0 aliphatic heterocycles. The van der Waals surface area contributed by atoms with Crippen molar-refractivity contribution in [3.63, 3.8) is 0 Å². The average molecular weight is 474 g/mol. The third-order valence-corrected chi connectivity index (χ3v) is 5.03. The molecule has 5 N–H and O–H groups in total. The normalized spacial score (nSPS) is 10.9. The minimum Gasteiger partial charge on any atom is -0.471 e. The van der Waals surface area contributed by atoms with Crippen LogP contribution in [0.1, 0.15) is 49.0 Å². The highest BCUT2D eigenvalue weighted by Crippen LogP contribution is 2.31. The highest BCUT2D eigenvalue weighted by Gasteiger charge is 2.22. The highest BCUT2D eigenvalue weighted by atomic mass is 32.1. The van der Waals surface area contributed by atoms with Gasteiger partial charge in [-0.05, 0) is 37.0 Å². The molecule has 32 heavy (non-hydrogen) atoms. The summed E-state index contributed by atoms with van der Waals surface area (Å²) in [6.45, 7) is 4.97. The third-order valence-electron chi connectivity index (χ3n) is 4.28. The number of halogens is 3. The van der Waals surface area contributed by atoms with Crippen molar-refractivity contribution in [2.24, 2.45) is 5.73 Å². The van der Waals surface area contributed by atoms with Crippen LogP contribution in [0.5, 0.6) is 5.88 Å². The zero-order valence-electron chi connectivity index (χ0n) is 17.8. The molecule has 0 unspecified atom stereocenters. The van der Waals surface area contributed by atoms with E-state index in [-0.39, 0.29) is 22.0 Å². The van der Waals surface area contributed by atoms with E-state index < -0.39 is 36.0 Å². The first kappa shape index (κ1) is 25.4. The Hall–Kier alpha value is -2.86. The number of unbranched alkanes of at least 4 members (excludes halogenated alkanes) is 2. The van der Waals surface area contributed by atoms with Gasteiger partial charge in [0, 0.05) is 24.2 Å². The molecule has 0 saturated carbocycles. The van der Waals surface area contributed by atoms with E-state index >= 15 is 0 Å². The lowest BCUT2D eigenvalue weighted by molar-refractivity contribution is 0.0996. The molecule has 0 spiro atoms. The minimum atomic E-state index is -1.33. The van der Waals surface area contributed by atoms with Gasteiger partial charge in [0.15, 0.2) is 11.6 Å². The number of carbonyl (C=O) groups excluding carboxylic acids is 2. The number of primary amides is 1. The molecule has 0 aliphatic carbocycles. The third kappa shape index (κ3) is 7.68. The van der Waals surface area contributed by atoms with E-state index in [9.17, 15) is 22.8 Å². The lowest BCUT2D eigenvalue weighted by atomic mass is 10.2. The Morgan fingerprint density at radius 1 is 1.09 bits per heavy atom. The molecule has 1 heterocycles. The number of nitrogens with zero attached hydrogens (tertiary/aromatic N) is 1. The van der Waals surface area contributed by atoms with Crippen molar-refractivity contribution in [1.82, 2.24) is 15.0 Å². The number of amides is 3. The maximum Gasteiger partial charge on any atom is 0.319 e. The van der Waals surface area contributed by atoms with Crippen molar-refractivity contribution >= 4 is 28.5 Å². The van der Waals surface area contributed by atoms with E-state index in [2.05, 4.69) is 34.2 Å².